The van der Waals surface area contributed by atoms with E-state index >= 15 is 0 Å². The molecule has 2 aromatic heterocycles. The van der Waals surface area contributed by atoms with Crippen LogP contribution in [0.4, 0.5) is 0 Å². The van der Waals surface area contributed by atoms with E-state index in [1.807, 2.05) is 41.8 Å². The first-order valence-electron chi connectivity index (χ1n) is 12.4. The molecule has 1 aliphatic heterocycles. The number of amides is 2. The summed E-state index contributed by atoms with van der Waals surface area (Å²) in [6.07, 6.45) is 10.3. The van der Waals surface area contributed by atoms with E-state index in [-0.39, 0.29) is 17.9 Å². The summed E-state index contributed by atoms with van der Waals surface area (Å²) < 4.78 is 7.51. The normalized spacial score (nSPS) is 21.8. The molecule has 1 aliphatic carbocycles. The summed E-state index contributed by atoms with van der Waals surface area (Å²) in [6, 6.07) is 11.5. The van der Waals surface area contributed by atoms with Crippen LogP contribution in [-0.4, -0.2) is 39.4 Å². The third-order valence-corrected chi connectivity index (χ3v) is 7.77. The molecule has 0 radical (unpaired) electrons. The second-order valence-corrected chi connectivity index (χ2v) is 10.3. The monoisotopic (exact) mass is 481 g/mol. The molecule has 0 spiro atoms. The van der Waals surface area contributed by atoms with Crippen molar-refractivity contribution >= 4 is 34.5 Å². The lowest BCUT2D eigenvalue weighted by Crippen LogP contribution is -2.65. The molecular formula is C27H32ClN3O3. The Labute approximate surface area is 205 Å². The highest BCUT2D eigenvalue weighted by atomic mass is 35.5. The molecule has 0 bridgehead atoms. The van der Waals surface area contributed by atoms with Gasteiger partial charge in [-0.1, -0.05) is 55.8 Å². The van der Waals surface area contributed by atoms with Crippen molar-refractivity contribution < 1.29 is 14.0 Å². The number of hydrogen-bond acceptors (Lipinski definition) is 3. The molecule has 1 fully saturated rings. The van der Waals surface area contributed by atoms with Crippen molar-refractivity contribution in [1.29, 1.82) is 0 Å². The summed E-state index contributed by atoms with van der Waals surface area (Å²) in [5.41, 5.74) is 2.18. The summed E-state index contributed by atoms with van der Waals surface area (Å²) in [5, 5.41) is 4.01. The lowest BCUT2D eigenvalue weighted by molar-refractivity contribution is -0.133. The summed E-state index contributed by atoms with van der Waals surface area (Å²) in [5.74, 6) is -0.208. The molecule has 34 heavy (non-hydrogen) atoms. The van der Waals surface area contributed by atoms with Gasteiger partial charge in [-0.25, -0.2) is 0 Å². The van der Waals surface area contributed by atoms with Crippen LogP contribution in [0.15, 0.2) is 47.1 Å². The van der Waals surface area contributed by atoms with E-state index in [1.54, 1.807) is 17.2 Å². The first kappa shape index (κ1) is 23.0. The number of carbonyl (C=O) groups excluding carboxylic acids is 2. The van der Waals surface area contributed by atoms with Gasteiger partial charge >= 0.3 is 0 Å². The number of nitrogens with one attached hydrogen (secondary N) is 1. The van der Waals surface area contributed by atoms with Gasteiger partial charge in [0.05, 0.1) is 18.3 Å². The Balaban J connectivity index is 1.44. The maximum absolute atomic E-state index is 13.8. The van der Waals surface area contributed by atoms with Gasteiger partial charge in [0.1, 0.15) is 11.2 Å². The molecule has 7 heteroatoms. The van der Waals surface area contributed by atoms with Gasteiger partial charge in [-0.05, 0) is 43.9 Å². The SMILES string of the molecule is CC1(C(=O)NC2CCCCCCC2)Cn2c(cc3occc32)C(=O)N1CCc1ccc(Cl)cc1. The van der Waals surface area contributed by atoms with Crippen LogP contribution in [0.3, 0.4) is 0 Å². The van der Waals surface area contributed by atoms with Crippen molar-refractivity contribution in [2.45, 2.75) is 76.4 Å². The number of nitrogens with zero attached hydrogens (tertiary/aromatic N) is 2. The number of hydrogen-bond donors (Lipinski definition) is 1. The number of benzene rings is 1. The highest BCUT2D eigenvalue weighted by molar-refractivity contribution is 6.30. The Hall–Kier alpha value is -2.73. The van der Waals surface area contributed by atoms with Gasteiger partial charge < -0.3 is 19.2 Å². The number of fused-ring (bicyclic) bond motifs is 3. The van der Waals surface area contributed by atoms with E-state index < -0.39 is 5.54 Å². The molecule has 2 aliphatic rings. The van der Waals surface area contributed by atoms with Crippen LogP contribution in [0, 0.1) is 0 Å². The minimum absolute atomic E-state index is 0.0708. The lowest BCUT2D eigenvalue weighted by Gasteiger charge is -2.44. The van der Waals surface area contributed by atoms with Gasteiger partial charge in [-0.15, -0.1) is 0 Å². The van der Waals surface area contributed by atoms with Gasteiger partial charge in [-0.3, -0.25) is 9.59 Å². The Morgan fingerprint density at radius 2 is 1.82 bits per heavy atom. The van der Waals surface area contributed by atoms with Gasteiger partial charge in [0.25, 0.3) is 5.91 Å². The predicted octanol–water partition coefficient (Wildman–Crippen LogP) is 5.57. The van der Waals surface area contributed by atoms with Crippen LogP contribution >= 0.6 is 11.6 Å². The quantitative estimate of drug-likeness (QED) is 0.517. The van der Waals surface area contributed by atoms with E-state index in [0.717, 1.165) is 36.8 Å². The van der Waals surface area contributed by atoms with E-state index in [0.29, 0.717) is 35.8 Å². The number of aromatic nitrogens is 1. The topological polar surface area (TPSA) is 67.5 Å². The molecular weight excluding hydrogens is 450 g/mol. The molecule has 3 aromatic rings. The maximum Gasteiger partial charge on any atom is 0.271 e. The summed E-state index contributed by atoms with van der Waals surface area (Å²) in [7, 11) is 0. The largest absolute Gasteiger partial charge is 0.463 e. The third kappa shape index (κ3) is 4.36. The Kier molecular flexibility index (Phi) is 6.43. The number of furan rings is 1. The Bertz CT molecular complexity index is 1170. The molecule has 1 N–H and O–H groups in total. The number of carbonyl (C=O) groups is 2. The van der Waals surface area contributed by atoms with E-state index in [2.05, 4.69) is 5.32 Å². The van der Waals surface area contributed by atoms with Gasteiger partial charge in [-0.2, -0.15) is 0 Å². The van der Waals surface area contributed by atoms with E-state index in [1.165, 1.54) is 19.3 Å². The van der Waals surface area contributed by atoms with Crippen LogP contribution in [-0.2, 0) is 17.8 Å². The minimum atomic E-state index is -0.998. The zero-order chi connectivity index (χ0) is 23.7. The zero-order valence-corrected chi connectivity index (χ0v) is 20.4. The highest BCUT2D eigenvalue weighted by Gasteiger charge is 2.48. The first-order valence-corrected chi connectivity index (χ1v) is 12.8. The second-order valence-electron chi connectivity index (χ2n) is 9.91. The second kappa shape index (κ2) is 9.49. The third-order valence-electron chi connectivity index (χ3n) is 7.52. The van der Waals surface area contributed by atoms with Gasteiger partial charge in [0.2, 0.25) is 5.91 Å². The van der Waals surface area contributed by atoms with Gasteiger partial charge in [0.15, 0.2) is 5.58 Å². The van der Waals surface area contributed by atoms with Crippen LogP contribution in [0.1, 0.15) is 67.9 Å². The zero-order valence-electron chi connectivity index (χ0n) is 19.7. The summed E-state index contributed by atoms with van der Waals surface area (Å²) in [4.78, 5) is 29.3. The number of rotatable bonds is 5. The molecule has 2 amide bonds. The number of halogens is 1. The average Bonchev–Trinajstić information content (AvgIpc) is 3.39. The molecule has 3 heterocycles. The van der Waals surface area contributed by atoms with Crippen molar-refractivity contribution in [3.63, 3.8) is 0 Å². The molecule has 1 atom stereocenters. The molecule has 0 saturated heterocycles. The van der Waals surface area contributed by atoms with Gasteiger partial charge in [0, 0.05) is 29.7 Å². The standard InChI is InChI=1S/C27H32ClN3O3/c1-27(26(33)29-21-7-5-3-2-4-6-8-21)18-30-22-14-16-34-24(22)17-23(30)25(32)31(27)15-13-19-9-11-20(28)12-10-19/h9-12,14,16-17,21H,2-8,13,15,18H2,1H3,(H,29,33). The molecule has 1 unspecified atom stereocenters. The molecule has 6 nitrogen and oxygen atoms in total. The Morgan fingerprint density at radius 3 is 2.56 bits per heavy atom. The fourth-order valence-corrected chi connectivity index (χ4v) is 5.58. The summed E-state index contributed by atoms with van der Waals surface area (Å²) in [6.45, 7) is 2.75. The minimum Gasteiger partial charge on any atom is -0.463 e. The van der Waals surface area contributed by atoms with E-state index in [9.17, 15) is 9.59 Å². The van der Waals surface area contributed by atoms with Crippen LogP contribution < -0.4 is 5.32 Å². The van der Waals surface area contributed by atoms with Crippen LogP contribution in [0.5, 0.6) is 0 Å². The van der Waals surface area contributed by atoms with Crippen molar-refractivity contribution in [3.05, 3.63) is 58.9 Å². The lowest BCUT2D eigenvalue weighted by atomic mass is 9.91. The molecule has 5 rings (SSSR count). The first-order chi connectivity index (χ1) is 16.5. The highest BCUT2D eigenvalue weighted by Crippen LogP contribution is 2.33. The molecule has 1 aromatic carbocycles. The summed E-state index contributed by atoms with van der Waals surface area (Å²) >= 11 is 6.04. The fourth-order valence-electron chi connectivity index (χ4n) is 5.46. The fraction of sp³-hybridized carbons (Fsp3) is 0.481. The average molecular weight is 482 g/mol. The Morgan fingerprint density at radius 1 is 1.12 bits per heavy atom. The maximum atomic E-state index is 13.8. The van der Waals surface area contributed by atoms with Crippen LogP contribution in [0.25, 0.3) is 11.1 Å². The molecule has 180 valence electrons. The molecule has 1 saturated carbocycles. The van der Waals surface area contributed by atoms with Crippen molar-refractivity contribution in [2.75, 3.05) is 6.54 Å². The van der Waals surface area contributed by atoms with Crippen molar-refractivity contribution in [2.24, 2.45) is 0 Å². The van der Waals surface area contributed by atoms with Crippen LogP contribution in [0.2, 0.25) is 5.02 Å². The predicted molar refractivity (Wildman–Crippen MR) is 133 cm³/mol. The smallest absolute Gasteiger partial charge is 0.271 e. The van der Waals surface area contributed by atoms with Crippen molar-refractivity contribution in [1.82, 2.24) is 14.8 Å². The van der Waals surface area contributed by atoms with Crippen molar-refractivity contribution in [3.8, 4) is 0 Å². The van der Waals surface area contributed by atoms with E-state index in [4.69, 9.17) is 16.0 Å².